The van der Waals surface area contributed by atoms with Gasteiger partial charge >= 0.3 is 5.97 Å². The van der Waals surface area contributed by atoms with E-state index in [1.165, 1.54) is 12.1 Å². The third kappa shape index (κ3) is 2.68. The van der Waals surface area contributed by atoms with Crippen LogP contribution in [0.3, 0.4) is 0 Å². The van der Waals surface area contributed by atoms with Gasteiger partial charge < -0.3 is 10.4 Å². The molecular weight excluding hydrogens is 270 g/mol. The summed E-state index contributed by atoms with van der Waals surface area (Å²) < 4.78 is 0. The van der Waals surface area contributed by atoms with E-state index in [1.807, 2.05) is 0 Å². The summed E-state index contributed by atoms with van der Waals surface area (Å²) in [7, 11) is 0. The number of hydrogen-bond acceptors (Lipinski definition) is 6. The number of nitro groups is 1. The van der Waals surface area contributed by atoms with E-state index >= 15 is 0 Å². The van der Waals surface area contributed by atoms with Gasteiger partial charge in [-0.15, -0.1) is 11.3 Å². The Bertz CT molecular complexity index is 653. The number of thiazole rings is 1. The van der Waals surface area contributed by atoms with Gasteiger partial charge in [-0.2, -0.15) is 0 Å². The fraction of sp³-hybridized carbons (Fsp3) is 0.0909. The van der Waals surface area contributed by atoms with Crippen molar-refractivity contribution in [3.05, 3.63) is 45.0 Å². The smallest absolute Gasteiger partial charge is 0.355 e. The highest BCUT2D eigenvalue weighted by Gasteiger charge is 2.17. The predicted molar refractivity (Wildman–Crippen MR) is 70.2 cm³/mol. The van der Waals surface area contributed by atoms with E-state index in [-0.39, 0.29) is 17.1 Å². The molecule has 1 aromatic heterocycles. The van der Waals surface area contributed by atoms with Crippen LogP contribution in [-0.2, 0) is 0 Å². The molecule has 0 amide bonds. The first-order valence-corrected chi connectivity index (χ1v) is 6.02. The van der Waals surface area contributed by atoms with Crippen molar-refractivity contribution in [2.75, 3.05) is 5.32 Å². The van der Waals surface area contributed by atoms with E-state index in [4.69, 9.17) is 5.11 Å². The van der Waals surface area contributed by atoms with Gasteiger partial charge in [0.25, 0.3) is 5.69 Å². The van der Waals surface area contributed by atoms with Gasteiger partial charge in [-0.3, -0.25) is 10.1 Å². The quantitative estimate of drug-likeness (QED) is 0.658. The molecule has 1 aromatic carbocycles. The molecule has 0 radical (unpaired) electrons. The average Bonchev–Trinajstić information content (AvgIpc) is 2.71. The van der Waals surface area contributed by atoms with E-state index in [0.29, 0.717) is 10.0 Å². The minimum absolute atomic E-state index is 0.0499. The number of para-hydroxylation sites is 2. The number of benzene rings is 1. The lowest BCUT2D eigenvalue weighted by Crippen LogP contribution is -2.00. The molecule has 8 heteroatoms. The summed E-state index contributed by atoms with van der Waals surface area (Å²) in [6.07, 6.45) is 0. The van der Waals surface area contributed by atoms with Crippen LogP contribution in [0.4, 0.5) is 16.5 Å². The maximum Gasteiger partial charge on any atom is 0.355 e. The van der Waals surface area contributed by atoms with Gasteiger partial charge in [0.05, 0.1) is 4.92 Å². The van der Waals surface area contributed by atoms with Crippen molar-refractivity contribution < 1.29 is 14.8 Å². The van der Waals surface area contributed by atoms with Crippen molar-refractivity contribution in [3.8, 4) is 0 Å². The molecule has 2 N–H and O–H groups in total. The Morgan fingerprint density at radius 3 is 2.74 bits per heavy atom. The zero-order valence-corrected chi connectivity index (χ0v) is 10.6. The van der Waals surface area contributed by atoms with Crippen LogP contribution in [-0.4, -0.2) is 21.0 Å². The van der Waals surface area contributed by atoms with Crippen molar-refractivity contribution in [3.63, 3.8) is 0 Å². The second kappa shape index (κ2) is 5.02. The van der Waals surface area contributed by atoms with Crippen LogP contribution in [0.1, 0.15) is 15.4 Å². The largest absolute Gasteiger partial charge is 0.476 e. The molecular formula is C11H9N3O4S. The molecule has 19 heavy (non-hydrogen) atoms. The van der Waals surface area contributed by atoms with Gasteiger partial charge in [-0.1, -0.05) is 12.1 Å². The fourth-order valence-electron chi connectivity index (χ4n) is 1.50. The minimum atomic E-state index is -1.12. The lowest BCUT2D eigenvalue weighted by atomic mass is 10.3. The predicted octanol–water partition coefficient (Wildman–Crippen LogP) is 2.80. The molecule has 0 atom stereocenters. The number of aromatic nitrogens is 1. The van der Waals surface area contributed by atoms with Crippen LogP contribution in [0.25, 0.3) is 0 Å². The average molecular weight is 279 g/mol. The Morgan fingerprint density at radius 2 is 2.16 bits per heavy atom. The molecule has 0 fully saturated rings. The molecule has 0 aliphatic rings. The molecule has 0 saturated carbocycles. The SMILES string of the molecule is Cc1sc(Nc2ccccc2[N+](=O)[O-])nc1C(=O)O. The lowest BCUT2D eigenvalue weighted by molar-refractivity contribution is -0.383. The number of nitro benzene ring substituents is 1. The Labute approximate surface area is 111 Å². The second-order valence-electron chi connectivity index (χ2n) is 3.63. The summed E-state index contributed by atoms with van der Waals surface area (Å²) in [6, 6.07) is 6.10. The highest BCUT2D eigenvalue weighted by atomic mass is 32.1. The zero-order chi connectivity index (χ0) is 14.0. The topological polar surface area (TPSA) is 105 Å². The lowest BCUT2D eigenvalue weighted by Gasteiger charge is -2.02. The fourth-order valence-corrected chi connectivity index (χ4v) is 2.32. The summed E-state index contributed by atoms with van der Waals surface area (Å²) in [4.78, 5) is 25.6. The monoisotopic (exact) mass is 279 g/mol. The van der Waals surface area contributed by atoms with Crippen LogP contribution in [0.5, 0.6) is 0 Å². The van der Waals surface area contributed by atoms with E-state index in [0.717, 1.165) is 11.3 Å². The number of aromatic carboxylic acids is 1. The summed E-state index contributed by atoms with van der Waals surface area (Å²) in [5, 5.41) is 22.8. The molecule has 2 aromatic rings. The Kier molecular flexibility index (Phi) is 3.43. The first-order valence-electron chi connectivity index (χ1n) is 5.20. The summed E-state index contributed by atoms with van der Waals surface area (Å²) in [5.74, 6) is -1.12. The van der Waals surface area contributed by atoms with Gasteiger partial charge in [0.1, 0.15) is 5.69 Å². The number of rotatable bonds is 4. The molecule has 0 aliphatic carbocycles. The summed E-state index contributed by atoms with van der Waals surface area (Å²) in [5.41, 5.74) is 0.136. The Morgan fingerprint density at radius 1 is 1.47 bits per heavy atom. The van der Waals surface area contributed by atoms with Crippen molar-refractivity contribution in [2.45, 2.75) is 6.92 Å². The van der Waals surface area contributed by atoms with Crippen LogP contribution in [0, 0.1) is 17.0 Å². The number of nitrogens with one attached hydrogen (secondary N) is 1. The maximum absolute atomic E-state index is 10.9. The normalized spacial score (nSPS) is 10.2. The number of nitrogens with zero attached hydrogens (tertiary/aromatic N) is 2. The number of carbonyl (C=O) groups is 1. The highest BCUT2D eigenvalue weighted by Crippen LogP contribution is 2.30. The van der Waals surface area contributed by atoms with E-state index in [2.05, 4.69) is 10.3 Å². The van der Waals surface area contributed by atoms with Gasteiger partial charge in [0.2, 0.25) is 0 Å². The van der Waals surface area contributed by atoms with Crippen LogP contribution in [0.2, 0.25) is 0 Å². The molecule has 0 spiro atoms. The van der Waals surface area contributed by atoms with E-state index in [1.54, 1.807) is 19.1 Å². The molecule has 0 aliphatic heterocycles. The third-order valence-electron chi connectivity index (χ3n) is 2.34. The van der Waals surface area contributed by atoms with Gasteiger partial charge in [-0.05, 0) is 13.0 Å². The van der Waals surface area contributed by atoms with Crippen molar-refractivity contribution >= 4 is 33.8 Å². The molecule has 2 rings (SSSR count). The van der Waals surface area contributed by atoms with Crippen LogP contribution in [0.15, 0.2) is 24.3 Å². The van der Waals surface area contributed by atoms with Gasteiger partial charge in [-0.25, -0.2) is 9.78 Å². The first-order chi connectivity index (χ1) is 8.99. The minimum Gasteiger partial charge on any atom is -0.476 e. The van der Waals surface area contributed by atoms with E-state index < -0.39 is 10.9 Å². The van der Waals surface area contributed by atoms with Crippen LogP contribution < -0.4 is 5.32 Å². The molecule has 98 valence electrons. The molecule has 0 saturated heterocycles. The Hall–Kier alpha value is -2.48. The zero-order valence-electron chi connectivity index (χ0n) is 9.78. The van der Waals surface area contributed by atoms with Crippen molar-refractivity contribution in [2.24, 2.45) is 0 Å². The number of carboxylic acids is 1. The molecule has 7 nitrogen and oxygen atoms in total. The number of carboxylic acid groups (broad SMARTS) is 1. The molecule has 0 unspecified atom stereocenters. The Balaban J connectivity index is 2.34. The second-order valence-corrected chi connectivity index (χ2v) is 4.83. The number of aryl methyl sites for hydroxylation is 1. The summed E-state index contributed by atoms with van der Waals surface area (Å²) >= 11 is 1.13. The van der Waals surface area contributed by atoms with Gasteiger partial charge in [0.15, 0.2) is 10.8 Å². The number of hydrogen-bond donors (Lipinski definition) is 2. The van der Waals surface area contributed by atoms with E-state index in [9.17, 15) is 14.9 Å². The number of anilines is 2. The third-order valence-corrected chi connectivity index (χ3v) is 3.23. The van der Waals surface area contributed by atoms with Crippen LogP contribution >= 0.6 is 11.3 Å². The van der Waals surface area contributed by atoms with Crippen molar-refractivity contribution in [1.29, 1.82) is 0 Å². The van der Waals surface area contributed by atoms with Gasteiger partial charge in [0, 0.05) is 10.9 Å². The highest BCUT2D eigenvalue weighted by molar-refractivity contribution is 7.15. The standard InChI is InChI=1S/C11H9N3O4S/c1-6-9(10(15)16)13-11(19-6)12-7-4-2-3-5-8(7)14(17)18/h2-5H,1H3,(H,12,13)(H,15,16). The van der Waals surface area contributed by atoms with Crippen molar-refractivity contribution in [1.82, 2.24) is 4.98 Å². The first kappa shape index (κ1) is 13.0. The molecule has 1 heterocycles. The summed E-state index contributed by atoms with van der Waals surface area (Å²) in [6.45, 7) is 1.63. The maximum atomic E-state index is 10.9. The molecule has 0 bridgehead atoms.